The molecule has 0 amide bonds. The quantitative estimate of drug-likeness (QED) is 0.871. The standard InChI is InChI=1S/C15H16BrNS/c1-10-2-3-11-4-6-14(13(11)8-10)17-9-12-5-7-15(16)18-12/h2-3,5,7-8,14,17H,4,6,9H2,1H3. The van der Waals surface area contributed by atoms with E-state index < -0.39 is 0 Å². The smallest absolute Gasteiger partial charge is 0.0701 e. The summed E-state index contributed by atoms with van der Waals surface area (Å²) in [4.78, 5) is 1.39. The fourth-order valence-corrected chi connectivity index (χ4v) is 4.04. The van der Waals surface area contributed by atoms with Crippen molar-refractivity contribution in [1.29, 1.82) is 0 Å². The summed E-state index contributed by atoms with van der Waals surface area (Å²) < 4.78 is 1.21. The van der Waals surface area contributed by atoms with E-state index in [1.807, 2.05) is 11.3 Å². The third kappa shape index (κ3) is 2.53. The second kappa shape index (κ2) is 5.16. The zero-order valence-electron chi connectivity index (χ0n) is 10.4. The molecule has 1 N–H and O–H groups in total. The molecule has 18 heavy (non-hydrogen) atoms. The number of nitrogens with one attached hydrogen (secondary N) is 1. The maximum atomic E-state index is 3.68. The molecule has 1 aliphatic rings. The molecular formula is C15H16BrNS. The third-order valence-electron chi connectivity index (χ3n) is 3.53. The molecule has 1 heterocycles. The molecule has 1 aromatic carbocycles. The summed E-state index contributed by atoms with van der Waals surface area (Å²) in [7, 11) is 0. The Morgan fingerprint density at radius 3 is 3.00 bits per heavy atom. The number of fused-ring (bicyclic) bond motifs is 1. The van der Waals surface area contributed by atoms with E-state index in [1.54, 1.807) is 0 Å². The van der Waals surface area contributed by atoms with E-state index in [1.165, 1.54) is 38.2 Å². The largest absolute Gasteiger partial charge is 0.305 e. The zero-order valence-corrected chi connectivity index (χ0v) is 12.8. The van der Waals surface area contributed by atoms with Crippen molar-refractivity contribution in [3.8, 4) is 0 Å². The van der Waals surface area contributed by atoms with Crippen LogP contribution < -0.4 is 5.32 Å². The van der Waals surface area contributed by atoms with Crippen LogP contribution in [-0.2, 0) is 13.0 Å². The summed E-state index contributed by atoms with van der Waals surface area (Å²) in [6.45, 7) is 3.14. The van der Waals surface area contributed by atoms with Gasteiger partial charge in [0.15, 0.2) is 0 Å². The van der Waals surface area contributed by atoms with E-state index in [4.69, 9.17) is 0 Å². The number of halogens is 1. The van der Waals surface area contributed by atoms with Gasteiger partial charge in [0.25, 0.3) is 0 Å². The average Bonchev–Trinajstić information content (AvgIpc) is 2.93. The molecule has 1 aliphatic carbocycles. The van der Waals surface area contributed by atoms with Crippen LogP contribution in [0, 0.1) is 6.92 Å². The van der Waals surface area contributed by atoms with Crippen molar-refractivity contribution < 1.29 is 0 Å². The highest BCUT2D eigenvalue weighted by atomic mass is 79.9. The fourth-order valence-electron chi connectivity index (χ4n) is 2.60. The van der Waals surface area contributed by atoms with Crippen molar-refractivity contribution in [2.24, 2.45) is 0 Å². The molecule has 3 rings (SSSR count). The molecule has 1 unspecified atom stereocenters. The number of rotatable bonds is 3. The molecule has 0 bridgehead atoms. The summed E-state index contributed by atoms with van der Waals surface area (Å²) in [5.74, 6) is 0. The molecule has 3 heteroatoms. The Morgan fingerprint density at radius 2 is 2.22 bits per heavy atom. The Bertz CT molecular complexity index is 561. The molecule has 0 radical (unpaired) electrons. The molecule has 0 spiro atoms. The van der Waals surface area contributed by atoms with Gasteiger partial charge < -0.3 is 5.32 Å². The normalized spacial score (nSPS) is 18.0. The van der Waals surface area contributed by atoms with Gasteiger partial charge in [0, 0.05) is 17.5 Å². The highest BCUT2D eigenvalue weighted by Gasteiger charge is 2.21. The van der Waals surface area contributed by atoms with Crippen LogP contribution in [0.3, 0.4) is 0 Å². The van der Waals surface area contributed by atoms with Gasteiger partial charge in [-0.05, 0) is 59.0 Å². The summed E-state index contributed by atoms with van der Waals surface area (Å²) >= 11 is 5.32. The van der Waals surface area contributed by atoms with Gasteiger partial charge in [0.1, 0.15) is 0 Å². The monoisotopic (exact) mass is 321 g/mol. The Hall–Kier alpha value is -0.640. The van der Waals surface area contributed by atoms with Gasteiger partial charge in [-0.25, -0.2) is 0 Å². The first-order valence-electron chi connectivity index (χ1n) is 6.29. The van der Waals surface area contributed by atoms with E-state index in [0.29, 0.717) is 6.04 Å². The Balaban J connectivity index is 1.71. The minimum Gasteiger partial charge on any atom is -0.305 e. The average molecular weight is 322 g/mol. The lowest BCUT2D eigenvalue weighted by atomic mass is 10.1. The number of thiophene rings is 1. The van der Waals surface area contributed by atoms with Crippen LogP contribution in [0.1, 0.15) is 34.0 Å². The molecule has 1 atom stereocenters. The minimum absolute atomic E-state index is 0.528. The topological polar surface area (TPSA) is 12.0 Å². The maximum Gasteiger partial charge on any atom is 0.0701 e. The zero-order chi connectivity index (χ0) is 12.5. The molecule has 0 fully saturated rings. The Labute approximate surface area is 120 Å². The highest BCUT2D eigenvalue weighted by Crippen LogP contribution is 2.32. The van der Waals surface area contributed by atoms with Crippen molar-refractivity contribution in [2.75, 3.05) is 0 Å². The van der Waals surface area contributed by atoms with Gasteiger partial charge >= 0.3 is 0 Å². The van der Waals surface area contributed by atoms with Gasteiger partial charge in [-0.15, -0.1) is 11.3 Å². The first-order valence-corrected chi connectivity index (χ1v) is 7.90. The Morgan fingerprint density at radius 1 is 1.33 bits per heavy atom. The summed E-state index contributed by atoms with van der Waals surface area (Å²) in [6.07, 6.45) is 2.44. The van der Waals surface area contributed by atoms with Crippen LogP contribution in [0.2, 0.25) is 0 Å². The second-order valence-corrected chi connectivity index (χ2v) is 7.43. The van der Waals surface area contributed by atoms with Crippen molar-refractivity contribution >= 4 is 27.3 Å². The molecular weight excluding hydrogens is 306 g/mol. The lowest BCUT2D eigenvalue weighted by Gasteiger charge is -2.13. The first kappa shape index (κ1) is 12.4. The van der Waals surface area contributed by atoms with Gasteiger partial charge in [0.2, 0.25) is 0 Å². The number of hydrogen-bond donors (Lipinski definition) is 1. The molecule has 0 saturated heterocycles. The summed E-state index contributed by atoms with van der Waals surface area (Å²) in [5.41, 5.74) is 4.39. The van der Waals surface area contributed by atoms with E-state index >= 15 is 0 Å². The van der Waals surface area contributed by atoms with E-state index in [0.717, 1.165) is 6.54 Å². The Kier molecular flexibility index (Phi) is 3.55. The van der Waals surface area contributed by atoms with Gasteiger partial charge in [-0.1, -0.05) is 23.8 Å². The van der Waals surface area contributed by atoms with Crippen LogP contribution in [-0.4, -0.2) is 0 Å². The molecule has 0 aliphatic heterocycles. The van der Waals surface area contributed by atoms with Gasteiger partial charge in [-0.3, -0.25) is 0 Å². The number of aryl methyl sites for hydroxylation is 2. The fraction of sp³-hybridized carbons (Fsp3) is 0.333. The van der Waals surface area contributed by atoms with Crippen LogP contribution in [0.25, 0.3) is 0 Å². The van der Waals surface area contributed by atoms with Crippen LogP contribution in [0.15, 0.2) is 34.1 Å². The molecule has 94 valence electrons. The van der Waals surface area contributed by atoms with Crippen molar-refractivity contribution in [3.63, 3.8) is 0 Å². The number of benzene rings is 1. The minimum atomic E-state index is 0.528. The van der Waals surface area contributed by atoms with Crippen LogP contribution >= 0.6 is 27.3 Å². The van der Waals surface area contributed by atoms with Crippen LogP contribution in [0.4, 0.5) is 0 Å². The number of hydrogen-bond acceptors (Lipinski definition) is 2. The molecule has 0 saturated carbocycles. The van der Waals surface area contributed by atoms with E-state index in [-0.39, 0.29) is 0 Å². The molecule has 1 nitrogen and oxygen atoms in total. The maximum absolute atomic E-state index is 3.68. The lowest BCUT2D eigenvalue weighted by Crippen LogP contribution is -2.18. The third-order valence-corrected chi connectivity index (χ3v) is 5.15. The van der Waals surface area contributed by atoms with Gasteiger partial charge in [0.05, 0.1) is 3.79 Å². The molecule has 2 aromatic rings. The highest BCUT2D eigenvalue weighted by molar-refractivity contribution is 9.11. The molecule has 1 aromatic heterocycles. The summed E-state index contributed by atoms with van der Waals surface area (Å²) in [6, 6.07) is 11.7. The van der Waals surface area contributed by atoms with Crippen molar-refractivity contribution in [3.05, 3.63) is 55.7 Å². The predicted octanol–water partition coefficient (Wildman–Crippen LogP) is 4.60. The second-order valence-electron chi connectivity index (χ2n) is 4.88. The van der Waals surface area contributed by atoms with Crippen molar-refractivity contribution in [2.45, 2.75) is 32.4 Å². The van der Waals surface area contributed by atoms with Crippen molar-refractivity contribution in [1.82, 2.24) is 5.32 Å². The van der Waals surface area contributed by atoms with Crippen LogP contribution in [0.5, 0.6) is 0 Å². The van der Waals surface area contributed by atoms with E-state index in [9.17, 15) is 0 Å². The van der Waals surface area contributed by atoms with E-state index in [2.05, 4.69) is 58.5 Å². The first-order chi connectivity index (χ1) is 8.72. The van der Waals surface area contributed by atoms with Gasteiger partial charge in [-0.2, -0.15) is 0 Å². The summed E-state index contributed by atoms with van der Waals surface area (Å²) in [5, 5.41) is 3.68. The predicted molar refractivity (Wildman–Crippen MR) is 81.1 cm³/mol. The lowest BCUT2D eigenvalue weighted by molar-refractivity contribution is 0.533. The SMILES string of the molecule is Cc1ccc2c(c1)C(NCc1ccc(Br)s1)CC2.